The fourth-order valence-electron chi connectivity index (χ4n) is 2.35. The second-order valence-electron chi connectivity index (χ2n) is 5.82. The van der Waals surface area contributed by atoms with Crippen LogP contribution in [0.15, 0.2) is 35.1 Å². The molecule has 0 unspecified atom stereocenters. The molecule has 6 heteroatoms. The van der Waals surface area contributed by atoms with E-state index in [-0.39, 0.29) is 0 Å². The van der Waals surface area contributed by atoms with E-state index in [9.17, 15) is 0 Å². The highest BCUT2D eigenvalue weighted by atomic mass is 16.6. The van der Waals surface area contributed by atoms with Gasteiger partial charge in [-0.05, 0) is 41.1 Å². The van der Waals surface area contributed by atoms with Crippen molar-refractivity contribution in [1.29, 1.82) is 0 Å². The fraction of sp³-hybridized carbons (Fsp3) is 0.375. The summed E-state index contributed by atoms with van der Waals surface area (Å²) in [7, 11) is 2.07. The third-order valence-electron chi connectivity index (χ3n) is 3.45. The zero-order valence-corrected chi connectivity index (χ0v) is 13.0. The molecule has 0 aliphatic carbocycles. The first-order valence-electron chi connectivity index (χ1n) is 7.33. The van der Waals surface area contributed by atoms with Gasteiger partial charge in [0.15, 0.2) is 0 Å². The van der Waals surface area contributed by atoms with Gasteiger partial charge in [-0.25, -0.2) is 14.6 Å². The second kappa shape index (κ2) is 6.19. The zero-order chi connectivity index (χ0) is 15.5. The molecule has 0 aliphatic rings. The number of aromatic nitrogens is 4. The lowest BCUT2D eigenvalue weighted by molar-refractivity contribution is 0.313. The summed E-state index contributed by atoms with van der Waals surface area (Å²) in [6.07, 6.45) is 1.83. The van der Waals surface area contributed by atoms with Crippen LogP contribution in [0.2, 0.25) is 0 Å². The first-order chi connectivity index (χ1) is 10.6. The Balaban J connectivity index is 1.69. The van der Waals surface area contributed by atoms with E-state index in [1.54, 1.807) is 0 Å². The first kappa shape index (κ1) is 14.6. The van der Waals surface area contributed by atoms with Gasteiger partial charge in [0.05, 0.1) is 5.69 Å². The average molecular weight is 297 g/mol. The lowest BCUT2D eigenvalue weighted by Crippen LogP contribution is -2.18. The largest absolute Gasteiger partial charge is 0.296 e. The topological polar surface area (TPSA) is 67.9 Å². The Morgan fingerprint density at radius 2 is 1.91 bits per heavy atom. The first-order valence-corrected chi connectivity index (χ1v) is 7.33. The molecule has 3 rings (SSSR count). The molecule has 0 aliphatic heterocycles. The van der Waals surface area contributed by atoms with Crippen molar-refractivity contribution in [2.45, 2.75) is 32.9 Å². The number of benzene rings is 1. The summed E-state index contributed by atoms with van der Waals surface area (Å²) < 4.78 is 4.73. The SMILES string of the molecule is CC(C)c1nccc(CN(C)Cc2ccc3nonc3c2)n1. The monoisotopic (exact) mass is 297 g/mol. The van der Waals surface area contributed by atoms with Gasteiger partial charge in [-0.3, -0.25) is 4.90 Å². The maximum Gasteiger partial charge on any atom is 0.135 e. The summed E-state index contributed by atoms with van der Waals surface area (Å²) in [4.78, 5) is 11.1. The molecule has 0 fully saturated rings. The third-order valence-corrected chi connectivity index (χ3v) is 3.45. The molecule has 6 nitrogen and oxygen atoms in total. The van der Waals surface area contributed by atoms with Crippen molar-refractivity contribution < 1.29 is 4.63 Å². The van der Waals surface area contributed by atoms with Crippen LogP contribution >= 0.6 is 0 Å². The van der Waals surface area contributed by atoms with Crippen molar-refractivity contribution in [2.75, 3.05) is 7.05 Å². The van der Waals surface area contributed by atoms with Crippen LogP contribution in [-0.2, 0) is 13.1 Å². The van der Waals surface area contributed by atoms with Crippen LogP contribution in [0.25, 0.3) is 11.0 Å². The van der Waals surface area contributed by atoms with Crippen LogP contribution in [0.5, 0.6) is 0 Å². The minimum atomic E-state index is 0.340. The molecule has 1 aromatic carbocycles. The molecule has 0 amide bonds. The maximum atomic E-state index is 4.73. The van der Waals surface area contributed by atoms with Crippen molar-refractivity contribution in [3.05, 3.63) is 47.5 Å². The molecule has 0 atom stereocenters. The highest BCUT2D eigenvalue weighted by molar-refractivity contribution is 5.73. The normalized spacial score (nSPS) is 11.7. The van der Waals surface area contributed by atoms with Crippen molar-refractivity contribution in [3.63, 3.8) is 0 Å². The van der Waals surface area contributed by atoms with Crippen LogP contribution < -0.4 is 0 Å². The van der Waals surface area contributed by atoms with Crippen molar-refractivity contribution in [3.8, 4) is 0 Å². The number of fused-ring (bicyclic) bond motifs is 1. The Morgan fingerprint density at radius 3 is 2.73 bits per heavy atom. The van der Waals surface area contributed by atoms with Gasteiger partial charge in [-0.1, -0.05) is 19.9 Å². The molecule has 114 valence electrons. The van der Waals surface area contributed by atoms with Crippen molar-refractivity contribution >= 4 is 11.0 Å². The standard InChI is InChI=1S/C16H19N5O/c1-11(2)16-17-7-6-13(18-16)10-21(3)9-12-4-5-14-15(8-12)20-22-19-14/h4-8,11H,9-10H2,1-3H3. The van der Waals surface area contributed by atoms with E-state index in [0.717, 1.165) is 35.6 Å². The van der Waals surface area contributed by atoms with E-state index in [1.165, 1.54) is 5.56 Å². The molecule has 3 aromatic rings. The summed E-state index contributed by atoms with van der Waals surface area (Å²) >= 11 is 0. The zero-order valence-electron chi connectivity index (χ0n) is 13.0. The van der Waals surface area contributed by atoms with Gasteiger partial charge in [0.2, 0.25) is 0 Å². The predicted molar refractivity (Wildman–Crippen MR) is 83.1 cm³/mol. The number of nitrogens with zero attached hydrogens (tertiary/aromatic N) is 5. The molecule has 0 spiro atoms. The number of hydrogen-bond acceptors (Lipinski definition) is 6. The molecule has 2 heterocycles. The van der Waals surface area contributed by atoms with E-state index < -0.39 is 0 Å². The lowest BCUT2D eigenvalue weighted by atomic mass is 10.2. The Bertz CT molecular complexity index is 768. The predicted octanol–water partition coefficient (Wildman–Crippen LogP) is 2.77. The Kier molecular flexibility index (Phi) is 4.11. The third kappa shape index (κ3) is 3.28. The van der Waals surface area contributed by atoms with Gasteiger partial charge in [-0.2, -0.15) is 0 Å². The summed E-state index contributed by atoms with van der Waals surface area (Å²) in [5.41, 5.74) is 3.77. The number of rotatable bonds is 5. The summed E-state index contributed by atoms with van der Waals surface area (Å²) in [5.74, 6) is 1.23. The molecule has 0 N–H and O–H groups in total. The fourth-order valence-corrected chi connectivity index (χ4v) is 2.35. The van der Waals surface area contributed by atoms with E-state index in [4.69, 9.17) is 4.63 Å². The van der Waals surface area contributed by atoms with Crippen molar-refractivity contribution in [1.82, 2.24) is 25.2 Å². The average Bonchev–Trinajstić information content (AvgIpc) is 2.95. The lowest BCUT2D eigenvalue weighted by Gasteiger charge is -2.16. The summed E-state index contributed by atoms with van der Waals surface area (Å²) in [5, 5.41) is 7.69. The van der Waals surface area contributed by atoms with E-state index >= 15 is 0 Å². The molecule has 22 heavy (non-hydrogen) atoms. The molecule has 0 radical (unpaired) electrons. The molecule has 0 saturated carbocycles. The number of hydrogen-bond donors (Lipinski definition) is 0. The minimum absolute atomic E-state index is 0.340. The van der Waals surface area contributed by atoms with Crippen LogP contribution in [0.4, 0.5) is 0 Å². The van der Waals surface area contributed by atoms with Crippen LogP contribution in [-0.4, -0.2) is 32.2 Å². The van der Waals surface area contributed by atoms with Gasteiger partial charge in [0.25, 0.3) is 0 Å². The highest BCUT2D eigenvalue weighted by Gasteiger charge is 2.08. The quantitative estimate of drug-likeness (QED) is 0.721. The van der Waals surface area contributed by atoms with Gasteiger partial charge in [0.1, 0.15) is 16.9 Å². The van der Waals surface area contributed by atoms with Crippen LogP contribution in [0, 0.1) is 0 Å². The van der Waals surface area contributed by atoms with E-state index in [1.807, 2.05) is 30.5 Å². The van der Waals surface area contributed by atoms with Gasteiger partial charge >= 0.3 is 0 Å². The van der Waals surface area contributed by atoms with Gasteiger partial charge < -0.3 is 0 Å². The molecule has 0 bridgehead atoms. The van der Waals surface area contributed by atoms with Crippen molar-refractivity contribution in [2.24, 2.45) is 0 Å². The van der Waals surface area contributed by atoms with Crippen LogP contribution in [0.3, 0.4) is 0 Å². The Hall–Kier alpha value is -2.34. The van der Waals surface area contributed by atoms with E-state index in [2.05, 4.69) is 46.1 Å². The molecular formula is C16H19N5O. The molecule has 0 saturated heterocycles. The van der Waals surface area contributed by atoms with Gasteiger partial charge in [0, 0.05) is 25.2 Å². The maximum absolute atomic E-state index is 4.73. The second-order valence-corrected chi connectivity index (χ2v) is 5.82. The smallest absolute Gasteiger partial charge is 0.135 e. The minimum Gasteiger partial charge on any atom is -0.296 e. The van der Waals surface area contributed by atoms with Crippen LogP contribution in [0.1, 0.15) is 36.8 Å². The Morgan fingerprint density at radius 1 is 1.09 bits per heavy atom. The van der Waals surface area contributed by atoms with Gasteiger partial charge in [-0.15, -0.1) is 0 Å². The summed E-state index contributed by atoms with van der Waals surface area (Å²) in [6.45, 7) is 5.79. The highest BCUT2D eigenvalue weighted by Crippen LogP contribution is 2.14. The molecule has 2 aromatic heterocycles. The molecular weight excluding hydrogens is 278 g/mol. The summed E-state index contributed by atoms with van der Waals surface area (Å²) in [6, 6.07) is 7.94. The van der Waals surface area contributed by atoms with E-state index in [0.29, 0.717) is 5.92 Å². The Labute approximate surface area is 129 Å².